The Balaban J connectivity index is 0.687. The normalized spacial score (nSPS) is 103. The molecule has 0 saturated heterocycles. The van der Waals surface area contributed by atoms with Gasteiger partial charge in [0.2, 0.25) is 0 Å². The third-order valence-corrected chi connectivity index (χ3v) is 23.2. The van der Waals surface area contributed by atoms with Crippen molar-refractivity contribution in [2.75, 3.05) is 0 Å². The Morgan fingerprint density at radius 2 is 0.889 bits per heavy atom. The van der Waals surface area contributed by atoms with Crippen LogP contribution in [0.25, 0.3) is 0 Å². The van der Waals surface area contributed by atoms with E-state index in [4.69, 9.17) is 0 Å². The maximum Gasteiger partial charge on any atom is -0.0124 e. The predicted molar refractivity (Wildman–Crippen MR) is 128 cm³/mol. The maximum atomic E-state index is 1.70. The van der Waals surface area contributed by atoms with Crippen LogP contribution in [0.4, 0.5) is 0 Å². The van der Waals surface area contributed by atoms with E-state index in [1.807, 2.05) is 0 Å². The molecule has 0 bridgehead atoms. The molecule has 0 heteroatoms. The standard InChI is InChI=1S/C36H38/c1-2-4-34-8(3-1)28(34)25-19-14-17(22(19)29(25)34)15-18(14)24-21(15)27-31(24)36-32-26-20-13-11-9-6-5-7(6)10(9)12(11)16(13)23(20)30(26)35(32,36)33(27)36/h6-33H,1-5H2. The molecule has 18 fully saturated rings. The molecule has 3 spiro atoms. The summed E-state index contributed by atoms with van der Waals surface area (Å²) in [5.41, 5.74) is 3.16. The molecule has 0 amide bonds. The van der Waals surface area contributed by atoms with Crippen molar-refractivity contribution < 1.29 is 0 Å². The highest BCUT2D eigenvalue weighted by molar-refractivity contribution is 5.65. The Kier molecular flexibility index (Phi) is 1.54. The molecule has 0 heterocycles. The molecule has 0 aliphatic heterocycles. The third-order valence-electron chi connectivity index (χ3n) is 23.2. The fraction of sp³-hybridized carbons (Fsp3) is 1.00. The minimum Gasteiger partial charge on any atom is -0.0530 e. The quantitative estimate of drug-likeness (QED) is 0.416. The lowest BCUT2D eigenvalue weighted by molar-refractivity contribution is -0.466. The van der Waals surface area contributed by atoms with Gasteiger partial charge < -0.3 is 0 Å². The molecule has 18 rings (SSSR count). The highest BCUT2D eigenvalue weighted by Crippen LogP contribution is 3.21. The van der Waals surface area contributed by atoms with Crippen LogP contribution < -0.4 is 0 Å². The largest absolute Gasteiger partial charge is 0.0530 e. The van der Waals surface area contributed by atoms with E-state index in [2.05, 4.69) is 0 Å². The van der Waals surface area contributed by atoms with Crippen molar-refractivity contribution in [2.24, 2.45) is 182 Å². The van der Waals surface area contributed by atoms with E-state index in [9.17, 15) is 0 Å². The minimum absolute atomic E-state index is 1.000. The molecule has 0 N–H and O–H groups in total. The predicted octanol–water partition coefficient (Wildman–Crippen LogP) is 5.39. The van der Waals surface area contributed by atoms with Crippen molar-refractivity contribution >= 4 is 0 Å². The molecule has 0 nitrogen and oxygen atoms in total. The Bertz CT molecular complexity index is 1440. The summed E-state index contributed by atoms with van der Waals surface area (Å²) >= 11 is 0. The van der Waals surface area contributed by atoms with E-state index in [1.165, 1.54) is 166 Å². The van der Waals surface area contributed by atoms with Gasteiger partial charge in [0.15, 0.2) is 0 Å². The van der Waals surface area contributed by atoms with Crippen LogP contribution in [0.1, 0.15) is 32.1 Å². The monoisotopic (exact) mass is 470 g/mol. The van der Waals surface area contributed by atoms with Crippen LogP contribution in [0.15, 0.2) is 0 Å². The first-order valence-corrected chi connectivity index (χ1v) is 17.9. The first kappa shape index (κ1) is 15.7. The van der Waals surface area contributed by atoms with E-state index in [0.29, 0.717) is 0 Å². The van der Waals surface area contributed by atoms with Gasteiger partial charge in [0, 0.05) is 0 Å². The summed E-state index contributed by atoms with van der Waals surface area (Å²) in [6.07, 6.45) is 8.28. The second-order valence-electron chi connectivity index (χ2n) is 20.4. The zero-order chi connectivity index (χ0) is 21.2. The molecule has 182 valence electrons. The van der Waals surface area contributed by atoms with Crippen molar-refractivity contribution in [3.8, 4) is 0 Å². The number of rotatable bonds is 0. The number of hydrogen-bond donors (Lipinski definition) is 0. The summed E-state index contributed by atoms with van der Waals surface area (Å²) in [5.74, 6) is 37.1. The zero-order valence-electron chi connectivity index (χ0n) is 21.2. The summed E-state index contributed by atoms with van der Waals surface area (Å²) in [7, 11) is 0. The Labute approximate surface area is 213 Å². The van der Waals surface area contributed by atoms with Crippen molar-refractivity contribution in [3.05, 3.63) is 0 Å². The fourth-order valence-electron chi connectivity index (χ4n) is 24.0. The molecule has 0 aromatic rings. The number of hydrogen-bond acceptors (Lipinski definition) is 0. The molecule has 36 heavy (non-hydrogen) atoms. The van der Waals surface area contributed by atoms with E-state index in [1.54, 1.807) is 32.1 Å². The Morgan fingerprint density at radius 1 is 0.389 bits per heavy atom. The highest BCUT2D eigenvalue weighted by atomic mass is 15.2. The number of fused-ring (bicyclic) bond motifs is 36. The lowest BCUT2D eigenvalue weighted by Gasteiger charge is -2.93. The van der Waals surface area contributed by atoms with Gasteiger partial charge in [-0.15, -0.1) is 0 Å². The van der Waals surface area contributed by atoms with E-state index in [0.717, 1.165) is 16.2 Å². The van der Waals surface area contributed by atoms with Crippen LogP contribution in [0.2, 0.25) is 0 Å². The maximum absolute atomic E-state index is 1.70. The summed E-state index contributed by atoms with van der Waals surface area (Å²) in [5, 5.41) is 0. The molecule has 0 aromatic carbocycles. The van der Waals surface area contributed by atoms with Gasteiger partial charge >= 0.3 is 0 Å². The minimum atomic E-state index is 1.000. The van der Waals surface area contributed by atoms with Crippen LogP contribution >= 0.6 is 0 Å². The van der Waals surface area contributed by atoms with Crippen molar-refractivity contribution in [2.45, 2.75) is 32.1 Å². The second kappa shape index (κ2) is 3.53. The lowest BCUT2D eigenvalue weighted by atomic mass is 9.11. The summed E-state index contributed by atoms with van der Waals surface area (Å²) in [4.78, 5) is 0. The molecule has 0 aromatic heterocycles. The van der Waals surface area contributed by atoms with E-state index >= 15 is 0 Å². The summed E-state index contributed by atoms with van der Waals surface area (Å²) in [6.45, 7) is 0. The lowest BCUT2D eigenvalue weighted by Crippen LogP contribution is -2.90. The van der Waals surface area contributed by atoms with Crippen molar-refractivity contribution in [3.63, 3.8) is 0 Å². The van der Waals surface area contributed by atoms with Gasteiger partial charge in [0.05, 0.1) is 0 Å². The average Bonchev–Trinajstić information content (AvgIpc) is 3.77. The van der Waals surface area contributed by atoms with Crippen molar-refractivity contribution in [1.82, 2.24) is 0 Å². The summed E-state index contributed by atoms with van der Waals surface area (Å²) < 4.78 is 0. The Morgan fingerprint density at radius 3 is 1.53 bits per heavy atom. The van der Waals surface area contributed by atoms with Crippen LogP contribution in [-0.4, -0.2) is 0 Å². The molecule has 0 radical (unpaired) electrons. The molecule has 18 aliphatic carbocycles. The van der Waals surface area contributed by atoms with Crippen LogP contribution in [0.5, 0.6) is 0 Å². The Hall–Kier alpha value is 0. The first-order chi connectivity index (χ1) is 17.9. The second-order valence-corrected chi connectivity index (χ2v) is 20.4. The van der Waals surface area contributed by atoms with Crippen LogP contribution in [0.3, 0.4) is 0 Å². The molecular formula is C36H38. The van der Waals surface area contributed by atoms with Gasteiger partial charge in [-0.25, -0.2) is 0 Å². The first-order valence-electron chi connectivity index (χ1n) is 17.9. The van der Waals surface area contributed by atoms with E-state index < -0.39 is 0 Å². The molecular weight excluding hydrogens is 432 g/mol. The van der Waals surface area contributed by atoms with Gasteiger partial charge in [-0.05, 0) is 201 Å². The summed E-state index contributed by atoms with van der Waals surface area (Å²) in [6, 6.07) is 0. The van der Waals surface area contributed by atoms with Gasteiger partial charge in [-0.3, -0.25) is 0 Å². The van der Waals surface area contributed by atoms with Crippen molar-refractivity contribution in [1.29, 1.82) is 0 Å². The van der Waals surface area contributed by atoms with Gasteiger partial charge in [-0.1, -0.05) is 12.8 Å². The molecule has 18 aliphatic rings. The SMILES string of the molecule is C1CCC23C(C1)C2C1C2C4C(C5C4C4C5C5C4C46C7C8C9C%10C%11C%12C%13CC%13C%12C%11C%10C9C8C74C56)C2C13. The van der Waals surface area contributed by atoms with Crippen LogP contribution in [0, 0.1) is 182 Å². The average molecular weight is 471 g/mol. The zero-order valence-corrected chi connectivity index (χ0v) is 21.2. The molecule has 31 atom stereocenters. The van der Waals surface area contributed by atoms with Crippen LogP contribution in [-0.2, 0) is 0 Å². The van der Waals surface area contributed by atoms with Gasteiger partial charge in [0.25, 0.3) is 0 Å². The van der Waals surface area contributed by atoms with Gasteiger partial charge in [-0.2, -0.15) is 0 Å². The smallest absolute Gasteiger partial charge is 0.0124 e. The fourth-order valence-corrected chi connectivity index (χ4v) is 24.0. The molecule has 18 saturated carbocycles. The van der Waals surface area contributed by atoms with Gasteiger partial charge in [0.1, 0.15) is 0 Å². The molecule has 31 unspecified atom stereocenters. The third kappa shape index (κ3) is 0.832. The highest BCUT2D eigenvalue weighted by Gasteiger charge is 3.19. The topological polar surface area (TPSA) is 0 Å². The van der Waals surface area contributed by atoms with E-state index in [-0.39, 0.29) is 0 Å².